The zero-order valence-electron chi connectivity index (χ0n) is 10.0. The minimum Gasteiger partial charge on any atom is -0.381 e. The van der Waals surface area contributed by atoms with Gasteiger partial charge in [-0.15, -0.1) is 0 Å². The van der Waals surface area contributed by atoms with Crippen LogP contribution in [0.1, 0.15) is 11.1 Å². The van der Waals surface area contributed by atoms with Gasteiger partial charge in [0, 0.05) is 11.8 Å². The highest BCUT2D eigenvalue weighted by atomic mass is 19.1. The quantitative estimate of drug-likeness (QED) is 0.870. The Bertz CT molecular complexity index is 677. The van der Waals surface area contributed by atoms with Crippen LogP contribution in [-0.2, 0) is 0 Å². The molecule has 19 heavy (non-hydrogen) atoms. The second kappa shape index (κ2) is 4.90. The first kappa shape index (κ1) is 12.8. The lowest BCUT2D eigenvalue weighted by atomic mass is 10.1. The van der Waals surface area contributed by atoms with Crippen LogP contribution in [0, 0.1) is 29.9 Å². The normalized spacial score (nSPS) is 10.0. The van der Waals surface area contributed by atoms with Crippen LogP contribution in [0.5, 0.6) is 0 Å². The molecule has 0 radical (unpaired) electrons. The number of nitrogens with zero attached hydrogens (tertiary/aromatic N) is 2. The third kappa shape index (κ3) is 2.60. The van der Waals surface area contributed by atoms with E-state index in [1.807, 2.05) is 6.07 Å². The van der Waals surface area contributed by atoms with E-state index in [1.165, 1.54) is 0 Å². The Kier molecular flexibility index (Phi) is 3.29. The molecule has 1 aromatic carbocycles. The standard InChI is InChI=1S/C13H10F2N4/c1-7-2-3-8(6-16)4-11(7)18-13-10(15)5-9(14)12(17)19-13/h2-5H,1H3,(H3,17,18,19). The van der Waals surface area contributed by atoms with E-state index in [9.17, 15) is 8.78 Å². The number of nitriles is 1. The van der Waals surface area contributed by atoms with Crippen molar-refractivity contribution in [2.45, 2.75) is 6.92 Å². The molecule has 0 unspecified atom stereocenters. The van der Waals surface area contributed by atoms with Gasteiger partial charge >= 0.3 is 0 Å². The summed E-state index contributed by atoms with van der Waals surface area (Å²) in [6.45, 7) is 1.79. The van der Waals surface area contributed by atoms with E-state index in [2.05, 4.69) is 10.3 Å². The maximum absolute atomic E-state index is 13.5. The van der Waals surface area contributed by atoms with Gasteiger partial charge in [0.05, 0.1) is 11.6 Å². The first-order valence-corrected chi connectivity index (χ1v) is 5.40. The molecule has 0 spiro atoms. The monoisotopic (exact) mass is 260 g/mol. The summed E-state index contributed by atoms with van der Waals surface area (Å²) in [6, 6.07) is 7.55. The number of aryl methyl sites for hydroxylation is 1. The molecule has 2 aromatic rings. The van der Waals surface area contributed by atoms with Crippen molar-refractivity contribution in [2.24, 2.45) is 0 Å². The number of rotatable bonds is 2. The maximum atomic E-state index is 13.5. The minimum atomic E-state index is -0.912. The molecule has 0 aliphatic heterocycles. The molecule has 1 aromatic heterocycles. The van der Waals surface area contributed by atoms with Gasteiger partial charge in [0.15, 0.2) is 23.3 Å². The van der Waals surface area contributed by atoms with Gasteiger partial charge in [0.25, 0.3) is 0 Å². The highest BCUT2D eigenvalue weighted by Gasteiger charge is 2.11. The van der Waals surface area contributed by atoms with Crippen molar-refractivity contribution in [1.29, 1.82) is 5.26 Å². The van der Waals surface area contributed by atoms with E-state index in [1.54, 1.807) is 25.1 Å². The van der Waals surface area contributed by atoms with E-state index in [-0.39, 0.29) is 5.82 Å². The lowest BCUT2D eigenvalue weighted by molar-refractivity contribution is 0.581. The summed E-state index contributed by atoms with van der Waals surface area (Å²) in [4.78, 5) is 3.60. The van der Waals surface area contributed by atoms with E-state index in [0.717, 1.165) is 5.56 Å². The fraction of sp³-hybridized carbons (Fsp3) is 0.0769. The van der Waals surface area contributed by atoms with Crippen LogP contribution in [0.25, 0.3) is 0 Å². The van der Waals surface area contributed by atoms with Crippen molar-refractivity contribution >= 4 is 17.3 Å². The molecule has 0 saturated heterocycles. The SMILES string of the molecule is Cc1ccc(C#N)cc1Nc1nc(N)c(F)cc1F. The van der Waals surface area contributed by atoms with E-state index in [0.29, 0.717) is 17.3 Å². The second-order valence-electron chi connectivity index (χ2n) is 3.95. The largest absolute Gasteiger partial charge is 0.381 e. The van der Waals surface area contributed by atoms with Crippen LogP contribution < -0.4 is 11.1 Å². The van der Waals surface area contributed by atoms with Crippen LogP contribution in [0.4, 0.5) is 26.1 Å². The molecule has 0 aliphatic carbocycles. The van der Waals surface area contributed by atoms with Crippen molar-refractivity contribution < 1.29 is 8.78 Å². The highest BCUT2D eigenvalue weighted by Crippen LogP contribution is 2.24. The molecule has 0 saturated carbocycles. The Morgan fingerprint density at radius 3 is 2.68 bits per heavy atom. The molecule has 0 amide bonds. The number of hydrogen-bond acceptors (Lipinski definition) is 4. The molecule has 6 heteroatoms. The number of pyridine rings is 1. The van der Waals surface area contributed by atoms with Crippen molar-refractivity contribution in [3.8, 4) is 6.07 Å². The molecule has 1 heterocycles. The molecule has 96 valence electrons. The molecule has 2 rings (SSSR count). The zero-order chi connectivity index (χ0) is 14.0. The Labute approximate surface area is 108 Å². The number of halogens is 2. The van der Waals surface area contributed by atoms with Gasteiger partial charge in [-0.05, 0) is 24.6 Å². The Hall–Kier alpha value is -2.68. The average Bonchev–Trinajstić information content (AvgIpc) is 2.38. The first-order chi connectivity index (χ1) is 9.01. The third-order valence-corrected chi connectivity index (χ3v) is 2.58. The van der Waals surface area contributed by atoms with Crippen LogP contribution >= 0.6 is 0 Å². The molecule has 0 fully saturated rings. The fourth-order valence-corrected chi connectivity index (χ4v) is 1.52. The van der Waals surface area contributed by atoms with Gasteiger partial charge in [-0.1, -0.05) is 6.07 Å². The van der Waals surface area contributed by atoms with Crippen LogP contribution in [0.2, 0.25) is 0 Å². The van der Waals surface area contributed by atoms with Crippen molar-refractivity contribution in [1.82, 2.24) is 4.98 Å². The number of anilines is 3. The maximum Gasteiger partial charge on any atom is 0.169 e. The van der Waals surface area contributed by atoms with E-state index in [4.69, 9.17) is 11.0 Å². The van der Waals surface area contributed by atoms with Gasteiger partial charge in [-0.25, -0.2) is 13.8 Å². The summed E-state index contributed by atoms with van der Waals surface area (Å²) in [7, 11) is 0. The number of nitrogen functional groups attached to an aromatic ring is 1. The number of hydrogen-bond donors (Lipinski definition) is 2. The number of nitrogens with two attached hydrogens (primary N) is 1. The van der Waals surface area contributed by atoms with Crippen LogP contribution in [0.3, 0.4) is 0 Å². The topological polar surface area (TPSA) is 74.7 Å². The molecule has 0 aliphatic rings. The molecular formula is C13H10F2N4. The Morgan fingerprint density at radius 2 is 2.00 bits per heavy atom. The summed E-state index contributed by atoms with van der Waals surface area (Å²) in [5.74, 6) is -2.34. The van der Waals surface area contributed by atoms with Crippen LogP contribution in [-0.4, -0.2) is 4.98 Å². The first-order valence-electron chi connectivity index (χ1n) is 5.40. The molecular weight excluding hydrogens is 250 g/mol. The van der Waals surface area contributed by atoms with Gasteiger partial charge in [0.1, 0.15) is 0 Å². The zero-order valence-corrected chi connectivity index (χ0v) is 10.0. The number of nitrogens with one attached hydrogen (secondary N) is 1. The molecule has 4 nitrogen and oxygen atoms in total. The van der Waals surface area contributed by atoms with Gasteiger partial charge in [-0.2, -0.15) is 5.26 Å². The lowest BCUT2D eigenvalue weighted by Gasteiger charge is -2.10. The average molecular weight is 260 g/mol. The predicted molar refractivity (Wildman–Crippen MR) is 67.7 cm³/mol. The highest BCUT2D eigenvalue weighted by molar-refractivity contribution is 5.64. The summed E-state index contributed by atoms with van der Waals surface area (Å²) < 4.78 is 26.5. The summed E-state index contributed by atoms with van der Waals surface area (Å²) >= 11 is 0. The number of aromatic nitrogens is 1. The number of benzene rings is 1. The lowest BCUT2D eigenvalue weighted by Crippen LogP contribution is -2.04. The second-order valence-corrected chi connectivity index (χ2v) is 3.95. The van der Waals surface area contributed by atoms with Gasteiger partial charge in [-0.3, -0.25) is 0 Å². The van der Waals surface area contributed by atoms with Crippen molar-refractivity contribution in [3.05, 3.63) is 47.0 Å². The molecule has 0 atom stereocenters. The molecule has 0 bridgehead atoms. The fourth-order valence-electron chi connectivity index (χ4n) is 1.52. The van der Waals surface area contributed by atoms with Crippen molar-refractivity contribution in [2.75, 3.05) is 11.1 Å². The smallest absolute Gasteiger partial charge is 0.169 e. The van der Waals surface area contributed by atoms with E-state index < -0.39 is 17.5 Å². The van der Waals surface area contributed by atoms with E-state index >= 15 is 0 Å². The summed E-state index contributed by atoms with van der Waals surface area (Å²) in [6.07, 6.45) is 0. The Morgan fingerprint density at radius 1 is 1.26 bits per heavy atom. The van der Waals surface area contributed by atoms with Gasteiger partial charge < -0.3 is 11.1 Å². The predicted octanol–water partition coefficient (Wildman–Crippen LogP) is 2.87. The van der Waals surface area contributed by atoms with Crippen LogP contribution in [0.15, 0.2) is 24.3 Å². The Balaban J connectivity index is 2.42. The molecule has 3 N–H and O–H groups in total. The van der Waals surface area contributed by atoms with Gasteiger partial charge in [0.2, 0.25) is 0 Å². The summed E-state index contributed by atoms with van der Waals surface area (Å²) in [5.41, 5.74) is 7.02. The third-order valence-electron chi connectivity index (χ3n) is 2.58. The summed E-state index contributed by atoms with van der Waals surface area (Å²) in [5, 5.41) is 11.5. The minimum absolute atomic E-state index is 0.183. The van der Waals surface area contributed by atoms with Crippen molar-refractivity contribution in [3.63, 3.8) is 0 Å².